The van der Waals surface area contributed by atoms with Crippen LogP contribution in [-0.4, -0.2) is 33.4 Å². The van der Waals surface area contributed by atoms with Crippen LogP contribution in [0.5, 0.6) is 0 Å². The van der Waals surface area contributed by atoms with Crippen molar-refractivity contribution in [3.05, 3.63) is 78.4 Å². The monoisotopic (exact) mass is 489 g/mol. The summed E-state index contributed by atoms with van der Waals surface area (Å²) in [6.45, 7) is 2.03. The van der Waals surface area contributed by atoms with Gasteiger partial charge in [0, 0.05) is 31.1 Å². The van der Waals surface area contributed by atoms with Gasteiger partial charge in [-0.15, -0.1) is 0 Å². The van der Waals surface area contributed by atoms with Gasteiger partial charge in [0.05, 0.1) is 16.6 Å². The molecule has 0 bridgehead atoms. The number of rotatable bonds is 5. The van der Waals surface area contributed by atoms with Crippen LogP contribution < -0.4 is 0 Å². The van der Waals surface area contributed by atoms with Crippen LogP contribution in [0.4, 0.5) is 13.2 Å². The quantitative estimate of drug-likeness (QED) is 0.315. The minimum Gasteiger partial charge on any atom is -0.342 e. The average molecular weight is 490 g/mol. The first-order chi connectivity index (χ1) is 17.4. The molecule has 0 N–H and O–H groups in total. The molecule has 3 aromatic carbocycles. The second-order valence-corrected chi connectivity index (χ2v) is 9.90. The summed E-state index contributed by atoms with van der Waals surface area (Å²) in [5, 5.41) is 0. The highest BCUT2D eigenvalue weighted by molar-refractivity contribution is 5.82. The normalized spacial score (nSPS) is 18.2. The Morgan fingerprint density at radius 3 is 2.28 bits per heavy atom. The van der Waals surface area contributed by atoms with E-state index in [9.17, 15) is 18.0 Å². The Bertz CT molecular complexity index is 1410. The first kappa shape index (κ1) is 22.8. The fourth-order valence-corrected chi connectivity index (χ4v) is 5.18. The van der Waals surface area contributed by atoms with Crippen molar-refractivity contribution in [1.82, 2.24) is 14.5 Å². The molecule has 1 aromatic heterocycles. The summed E-state index contributed by atoms with van der Waals surface area (Å²) in [4.78, 5) is 19.2. The summed E-state index contributed by atoms with van der Waals surface area (Å²) >= 11 is 0. The predicted molar refractivity (Wildman–Crippen MR) is 133 cm³/mol. The van der Waals surface area contributed by atoms with Gasteiger partial charge in [0.2, 0.25) is 5.91 Å². The van der Waals surface area contributed by atoms with E-state index in [-0.39, 0.29) is 17.7 Å². The summed E-state index contributed by atoms with van der Waals surface area (Å²) < 4.78 is 42.2. The molecule has 7 heteroatoms. The van der Waals surface area contributed by atoms with Crippen molar-refractivity contribution in [2.24, 2.45) is 11.8 Å². The topological polar surface area (TPSA) is 38.1 Å². The Hall–Kier alpha value is -3.61. The Morgan fingerprint density at radius 1 is 0.889 bits per heavy atom. The number of imidazole rings is 1. The molecule has 0 radical (unpaired) electrons. The highest BCUT2D eigenvalue weighted by atomic mass is 19.4. The average Bonchev–Trinajstić information content (AvgIpc) is 3.53. The van der Waals surface area contributed by atoms with Crippen LogP contribution in [0.25, 0.3) is 33.5 Å². The molecule has 0 spiro atoms. The number of halogens is 3. The molecule has 2 aliphatic rings. The minimum absolute atomic E-state index is 0.192. The highest BCUT2D eigenvalue weighted by Gasteiger charge is 2.37. The molecular weight excluding hydrogens is 463 g/mol. The smallest absolute Gasteiger partial charge is 0.342 e. The van der Waals surface area contributed by atoms with Crippen molar-refractivity contribution in [2.45, 2.75) is 32.0 Å². The molecule has 184 valence electrons. The SMILES string of the molecule is O=C(C1CC1)N1CCC(Cn2c(-c3ccc(-c4ccccc4)cc3)nc3cc(C(F)(F)F)ccc32)C1. The molecule has 2 heterocycles. The number of fused-ring (bicyclic) bond motifs is 1. The number of hydrogen-bond donors (Lipinski definition) is 0. The summed E-state index contributed by atoms with van der Waals surface area (Å²) in [5.74, 6) is 1.32. The molecule has 1 aliphatic carbocycles. The molecule has 2 fully saturated rings. The van der Waals surface area contributed by atoms with Crippen LogP contribution in [0.2, 0.25) is 0 Å². The van der Waals surface area contributed by atoms with Gasteiger partial charge in [0.1, 0.15) is 5.82 Å². The van der Waals surface area contributed by atoms with E-state index in [4.69, 9.17) is 0 Å². The summed E-state index contributed by atoms with van der Waals surface area (Å²) in [6.07, 6.45) is -1.58. The fourth-order valence-electron chi connectivity index (χ4n) is 5.18. The van der Waals surface area contributed by atoms with E-state index in [1.165, 1.54) is 6.07 Å². The third kappa shape index (κ3) is 4.38. The van der Waals surface area contributed by atoms with E-state index in [0.29, 0.717) is 29.9 Å². The fraction of sp³-hybridized carbons (Fsp3) is 0.310. The zero-order valence-electron chi connectivity index (χ0n) is 19.7. The van der Waals surface area contributed by atoms with Crippen molar-refractivity contribution in [3.63, 3.8) is 0 Å². The summed E-state index contributed by atoms with van der Waals surface area (Å²) in [7, 11) is 0. The molecule has 1 saturated heterocycles. The number of alkyl halides is 3. The van der Waals surface area contributed by atoms with Crippen molar-refractivity contribution in [1.29, 1.82) is 0 Å². The third-order valence-corrected chi connectivity index (χ3v) is 7.29. The summed E-state index contributed by atoms with van der Waals surface area (Å²) in [5.41, 5.74) is 3.31. The van der Waals surface area contributed by atoms with Crippen LogP contribution in [0.1, 0.15) is 24.8 Å². The highest BCUT2D eigenvalue weighted by Crippen LogP contribution is 2.36. The standard InChI is InChI=1S/C29H26F3N3O/c30-29(31,32)24-12-13-26-25(16-24)33-27(22-8-6-21(7-9-22)20-4-2-1-3-5-20)35(26)18-19-14-15-34(17-19)28(36)23-10-11-23/h1-9,12-13,16,19,23H,10-11,14-15,17-18H2. The molecule has 1 amide bonds. The zero-order chi connectivity index (χ0) is 24.9. The lowest BCUT2D eigenvalue weighted by atomic mass is 10.0. The lowest BCUT2D eigenvalue weighted by Gasteiger charge is -2.18. The number of nitrogens with zero attached hydrogens (tertiary/aromatic N) is 3. The Labute approximate surface area is 207 Å². The van der Waals surface area contributed by atoms with Crippen LogP contribution in [0.3, 0.4) is 0 Å². The maximum absolute atomic E-state index is 13.4. The largest absolute Gasteiger partial charge is 0.416 e. The maximum atomic E-state index is 13.4. The lowest BCUT2D eigenvalue weighted by molar-refractivity contribution is -0.137. The number of hydrogen-bond acceptors (Lipinski definition) is 2. The van der Waals surface area contributed by atoms with Gasteiger partial charge in [-0.3, -0.25) is 4.79 Å². The molecular formula is C29H26F3N3O. The van der Waals surface area contributed by atoms with Gasteiger partial charge in [-0.25, -0.2) is 4.98 Å². The van der Waals surface area contributed by atoms with Gasteiger partial charge in [-0.1, -0.05) is 54.6 Å². The van der Waals surface area contributed by atoms with Crippen molar-refractivity contribution in [2.75, 3.05) is 13.1 Å². The Balaban J connectivity index is 1.35. The van der Waals surface area contributed by atoms with Gasteiger partial charge < -0.3 is 9.47 Å². The van der Waals surface area contributed by atoms with E-state index in [1.54, 1.807) is 0 Å². The van der Waals surface area contributed by atoms with Crippen molar-refractivity contribution >= 4 is 16.9 Å². The van der Waals surface area contributed by atoms with E-state index >= 15 is 0 Å². The number of likely N-dealkylation sites (tertiary alicyclic amines) is 1. The van der Waals surface area contributed by atoms with Gasteiger partial charge in [0.25, 0.3) is 0 Å². The van der Waals surface area contributed by atoms with E-state index in [2.05, 4.69) is 4.98 Å². The molecule has 4 nitrogen and oxygen atoms in total. The third-order valence-electron chi connectivity index (χ3n) is 7.29. The van der Waals surface area contributed by atoms with E-state index in [0.717, 1.165) is 54.6 Å². The van der Waals surface area contributed by atoms with Crippen LogP contribution >= 0.6 is 0 Å². The summed E-state index contributed by atoms with van der Waals surface area (Å²) in [6, 6.07) is 21.8. The first-order valence-corrected chi connectivity index (χ1v) is 12.4. The van der Waals surface area contributed by atoms with Crippen molar-refractivity contribution < 1.29 is 18.0 Å². The molecule has 1 atom stereocenters. The van der Waals surface area contributed by atoms with E-state index < -0.39 is 11.7 Å². The molecule has 1 saturated carbocycles. The lowest BCUT2D eigenvalue weighted by Crippen LogP contribution is -2.30. The van der Waals surface area contributed by atoms with Crippen LogP contribution in [0, 0.1) is 11.8 Å². The second-order valence-electron chi connectivity index (χ2n) is 9.90. The predicted octanol–water partition coefficient (Wildman–Crippen LogP) is 6.65. The second kappa shape index (κ2) is 8.80. The number of amides is 1. The number of carbonyl (C=O) groups is 1. The van der Waals surface area contributed by atoms with Gasteiger partial charge >= 0.3 is 6.18 Å². The number of benzene rings is 3. The molecule has 1 unspecified atom stereocenters. The molecule has 36 heavy (non-hydrogen) atoms. The minimum atomic E-state index is -4.43. The van der Waals surface area contributed by atoms with Crippen molar-refractivity contribution in [3.8, 4) is 22.5 Å². The van der Waals surface area contributed by atoms with E-state index in [1.807, 2.05) is 64.1 Å². The zero-order valence-corrected chi connectivity index (χ0v) is 19.7. The Kier molecular flexibility index (Phi) is 5.58. The molecule has 4 aromatic rings. The van der Waals surface area contributed by atoms with Gasteiger partial charge in [0.15, 0.2) is 0 Å². The maximum Gasteiger partial charge on any atom is 0.416 e. The number of carbonyl (C=O) groups excluding carboxylic acids is 1. The van der Waals surface area contributed by atoms with Crippen LogP contribution in [0.15, 0.2) is 72.8 Å². The molecule has 1 aliphatic heterocycles. The van der Waals surface area contributed by atoms with Crippen LogP contribution in [-0.2, 0) is 17.5 Å². The first-order valence-electron chi connectivity index (χ1n) is 12.4. The van der Waals surface area contributed by atoms with Gasteiger partial charge in [-0.2, -0.15) is 13.2 Å². The Morgan fingerprint density at radius 2 is 1.58 bits per heavy atom. The van der Waals surface area contributed by atoms with Gasteiger partial charge in [-0.05, 0) is 54.5 Å². The molecule has 6 rings (SSSR count). The number of aromatic nitrogens is 2.